The van der Waals surface area contributed by atoms with E-state index in [1.807, 2.05) is 47.9 Å². The molecule has 0 saturated carbocycles. The third-order valence-corrected chi connectivity index (χ3v) is 7.89. The van der Waals surface area contributed by atoms with Crippen LogP contribution in [0.1, 0.15) is 45.6 Å². The van der Waals surface area contributed by atoms with Gasteiger partial charge in [-0.15, -0.1) is 11.3 Å². The van der Waals surface area contributed by atoms with E-state index in [2.05, 4.69) is 29.9 Å². The Kier molecular flexibility index (Phi) is 7.07. The predicted molar refractivity (Wildman–Crippen MR) is 160 cm³/mol. The molecular weight excluding hydrogens is 613 g/mol. The Balaban J connectivity index is 1.70. The molecule has 5 aromatic heterocycles. The van der Waals surface area contributed by atoms with Crippen LogP contribution in [-0.2, 0) is 0 Å². The molecule has 0 amide bonds. The summed E-state index contributed by atoms with van der Waals surface area (Å²) in [7, 11) is 0. The van der Waals surface area contributed by atoms with Crippen LogP contribution in [0.15, 0.2) is 36.0 Å². The topological polar surface area (TPSA) is 268 Å². The maximum absolute atomic E-state index is 10.2. The molecule has 6 aromatic rings. The molecule has 0 saturated heterocycles. The first-order chi connectivity index (χ1) is 22.9. The van der Waals surface area contributed by atoms with Gasteiger partial charge in [0.2, 0.25) is 11.6 Å². The Morgan fingerprint density at radius 1 is 0.532 bits per heavy atom. The summed E-state index contributed by atoms with van der Waals surface area (Å²) in [6.07, 6.45) is 2.77. The first kappa shape index (κ1) is 28.9. The fourth-order valence-corrected chi connectivity index (χ4v) is 5.96. The molecule has 210 valence electrons. The van der Waals surface area contributed by atoms with Crippen molar-refractivity contribution in [1.29, 1.82) is 42.1 Å². The number of hydrogen-bond donors (Lipinski definition) is 0. The maximum atomic E-state index is 10.2. The molecule has 0 atom stereocenters. The fraction of sp³-hybridized carbons (Fsp3) is 0. The van der Waals surface area contributed by atoms with Gasteiger partial charge in [0, 0.05) is 43.7 Å². The van der Waals surface area contributed by atoms with E-state index in [4.69, 9.17) is 0 Å². The van der Waals surface area contributed by atoms with Gasteiger partial charge in [0.15, 0.2) is 22.8 Å². The smallest absolute Gasteiger partial charge is 0.234 e. The highest BCUT2D eigenvalue weighted by Crippen LogP contribution is 2.35. The number of thiophene rings is 1. The Bertz CT molecular complexity index is 2630. The normalized spacial score (nSPS) is 11.5. The highest BCUT2D eigenvalue weighted by Gasteiger charge is 2.22. The van der Waals surface area contributed by atoms with Crippen molar-refractivity contribution < 1.29 is 0 Å². The lowest BCUT2D eigenvalue weighted by atomic mass is 9.98. The Hall–Kier alpha value is -8.18. The number of nitrogens with zero attached hydrogens (tertiary/aromatic N) is 14. The molecule has 1 aromatic carbocycles. The second-order valence-corrected chi connectivity index (χ2v) is 10.2. The number of nitriles is 8. The van der Waals surface area contributed by atoms with Crippen molar-refractivity contribution in [3.63, 3.8) is 0 Å². The van der Waals surface area contributed by atoms with Crippen LogP contribution < -0.4 is 10.4 Å². The molecule has 0 unspecified atom stereocenters. The Labute approximate surface area is 266 Å². The van der Waals surface area contributed by atoms with Gasteiger partial charge in [-0.05, 0) is 23.6 Å². The molecule has 47 heavy (non-hydrogen) atoms. The van der Waals surface area contributed by atoms with E-state index >= 15 is 0 Å². The van der Waals surface area contributed by atoms with E-state index in [9.17, 15) is 42.1 Å². The predicted octanol–water partition coefficient (Wildman–Crippen LogP) is 2.25. The average Bonchev–Trinajstić information content (AvgIpc) is 3.63. The van der Waals surface area contributed by atoms with Crippen molar-refractivity contribution in [1.82, 2.24) is 29.9 Å². The van der Waals surface area contributed by atoms with Crippen LogP contribution in [0.2, 0.25) is 0 Å². The standard InChI is InChI=1S/C32H6N14S/c33-5-20(28-22(7-35)43-26(11-39)44-23(28)8-36)15-3-18-17-1-2-47-32(17)19-4-16(14-42-31(19)30(18)41-13-15)21(6-34)29-24(9-37)45-27(12-40)46-25(29)10-38/h1-4,13-14H/b20-15+,21-16-. The summed E-state index contributed by atoms with van der Waals surface area (Å²) in [4.78, 5) is 24.7. The van der Waals surface area contributed by atoms with Crippen LogP contribution in [0, 0.1) is 90.6 Å². The third-order valence-electron chi connectivity index (χ3n) is 6.94. The molecule has 6 rings (SSSR count). The van der Waals surface area contributed by atoms with Gasteiger partial charge in [-0.25, -0.2) is 19.9 Å². The molecule has 5 heterocycles. The molecule has 0 aliphatic carbocycles. The van der Waals surface area contributed by atoms with E-state index in [0.717, 1.165) is 10.1 Å². The van der Waals surface area contributed by atoms with Crippen LogP contribution in [-0.4, -0.2) is 29.9 Å². The average molecular weight is 619 g/mol. The van der Waals surface area contributed by atoms with E-state index < -0.39 is 0 Å². The van der Waals surface area contributed by atoms with Gasteiger partial charge in [-0.2, -0.15) is 42.1 Å². The van der Waals surface area contributed by atoms with Crippen LogP contribution in [0.25, 0.3) is 43.0 Å². The number of benzene rings is 1. The van der Waals surface area contributed by atoms with Crippen LogP contribution in [0.5, 0.6) is 0 Å². The van der Waals surface area contributed by atoms with Crippen LogP contribution >= 0.6 is 11.3 Å². The largest absolute Gasteiger partial charge is 0.253 e. The quantitative estimate of drug-likeness (QED) is 0.252. The van der Waals surface area contributed by atoms with E-state index in [-0.39, 0.29) is 67.1 Å². The lowest BCUT2D eigenvalue weighted by Crippen LogP contribution is -2.13. The van der Waals surface area contributed by atoms with Crippen molar-refractivity contribution in [2.75, 3.05) is 0 Å². The molecular formula is C32H6N14S. The number of pyridine rings is 2. The summed E-state index contributed by atoms with van der Waals surface area (Å²) < 4.78 is 0.742. The molecule has 0 aliphatic heterocycles. The second-order valence-electron chi connectivity index (χ2n) is 9.29. The Morgan fingerprint density at radius 2 is 0.957 bits per heavy atom. The first-order valence-corrected chi connectivity index (χ1v) is 13.7. The zero-order chi connectivity index (χ0) is 33.2. The van der Waals surface area contributed by atoms with E-state index in [1.54, 1.807) is 24.3 Å². The molecule has 0 fully saturated rings. The number of fused-ring (bicyclic) bond motifs is 6. The highest BCUT2D eigenvalue weighted by atomic mass is 32.1. The fourth-order valence-electron chi connectivity index (χ4n) is 5.04. The van der Waals surface area contributed by atoms with Gasteiger partial charge in [0.1, 0.15) is 48.6 Å². The highest BCUT2D eigenvalue weighted by molar-refractivity contribution is 7.18. The summed E-state index contributed by atoms with van der Waals surface area (Å²) in [6.45, 7) is 0. The Morgan fingerprint density at radius 3 is 1.36 bits per heavy atom. The van der Waals surface area contributed by atoms with Gasteiger partial charge in [0.05, 0.1) is 33.3 Å². The minimum Gasteiger partial charge on any atom is -0.253 e. The lowest BCUT2D eigenvalue weighted by molar-refractivity contribution is 1.06. The SMILES string of the molecule is N#C/C(c1c(C#N)nc(C#N)nc1C#N)=c1\cnc2c(c1)c1ccsc1c1c/c(=C(\C#N)c3c(C#N)nc(C#N)nc3C#N)cnc12. The first-order valence-electron chi connectivity index (χ1n) is 12.8. The van der Waals surface area contributed by atoms with E-state index in [0.29, 0.717) is 21.8 Å². The van der Waals surface area contributed by atoms with Gasteiger partial charge >= 0.3 is 0 Å². The number of aromatic nitrogens is 6. The summed E-state index contributed by atoms with van der Waals surface area (Å²) in [6, 6.07) is 20.0. The number of hydrogen-bond acceptors (Lipinski definition) is 15. The molecule has 0 aliphatic rings. The van der Waals surface area contributed by atoms with Crippen molar-refractivity contribution in [3.8, 4) is 48.6 Å². The summed E-state index contributed by atoms with van der Waals surface area (Å²) in [5.41, 5.74) is -0.797. The molecule has 0 N–H and O–H groups in total. The van der Waals surface area contributed by atoms with Gasteiger partial charge < -0.3 is 0 Å². The van der Waals surface area contributed by atoms with E-state index in [1.165, 1.54) is 23.7 Å². The van der Waals surface area contributed by atoms with Crippen molar-refractivity contribution >= 4 is 54.4 Å². The van der Waals surface area contributed by atoms with Gasteiger partial charge in [-0.1, -0.05) is 0 Å². The zero-order valence-corrected chi connectivity index (χ0v) is 23.9. The molecule has 0 radical (unpaired) electrons. The summed E-state index contributed by atoms with van der Waals surface area (Å²) >= 11 is 1.37. The number of rotatable bonds is 2. The zero-order valence-electron chi connectivity index (χ0n) is 23.1. The molecule has 14 nitrogen and oxygen atoms in total. The van der Waals surface area contributed by atoms with Crippen molar-refractivity contribution in [3.05, 3.63) is 92.0 Å². The second kappa shape index (κ2) is 11.5. The van der Waals surface area contributed by atoms with Crippen molar-refractivity contribution in [2.24, 2.45) is 0 Å². The molecule has 0 bridgehead atoms. The minimum atomic E-state index is -0.385. The molecule has 0 spiro atoms. The minimum absolute atomic E-state index is 0.0930. The monoisotopic (exact) mass is 618 g/mol. The van der Waals surface area contributed by atoms with Gasteiger partial charge in [-0.3, -0.25) is 9.97 Å². The van der Waals surface area contributed by atoms with Crippen LogP contribution in [0.3, 0.4) is 0 Å². The summed E-state index contributed by atoms with van der Waals surface area (Å²) in [5, 5.41) is 81.9. The maximum Gasteiger partial charge on any atom is 0.234 e. The molecule has 15 heteroatoms. The van der Waals surface area contributed by atoms with Crippen molar-refractivity contribution in [2.45, 2.75) is 0 Å². The lowest BCUT2D eigenvalue weighted by Gasteiger charge is -2.08. The van der Waals surface area contributed by atoms with Gasteiger partial charge in [0.25, 0.3) is 0 Å². The summed E-state index contributed by atoms with van der Waals surface area (Å²) in [5.74, 6) is -0.770. The third kappa shape index (κ3) is 4.50. The van der Waals surface area contributed by atoms with Crippen LogP contribution in [0.4, 0.5) is 0 Å².